The van der Waals surface area contributed by atoms with Gasteiger partial charge in [-0.25, -0.2) is 0 Å². The maximum absolute atomic E-state index is 12.5. The van der Waals surface area contributed by atoms with E-state index in [-0.39, 0.29) is 11.9 Å². The fraction of sp³-hybridized carbons (Fsp3) is 0.412. The van der Waals surface area contributed by atoms with Crippen molar-refractivity contribution >= 4 is 5.91 Å². The normalized spacial score (nSPS) is 11.9. The van der Waals surface area contributed by atoms with E-state index in [1.54, 1.807) is 37.2 Å². The van der Waals surface area contributed by atoms with Crippen LogP contribution in [0.1, 0.15) is 40.1 Å². The van der Waals surface area contributed by atoms with Crippen LogP contribution >= 0.6 is 0 Å². The Morgan fingerprint density at radius 3 is 2.22 bits per heavy atom. The van der Waals surface area contributed by atoms with Crippen molar-refractivity contribution in [3.63, 3.8) is 0 Å². The van der Waals surface area contributed by atoms with Crippen LogP contribution in [-0.4, -0.2) is 29.9 Å². The Bertz CT molecular complexity index is 697. The maximum atomic E-state index is 12.5. The number of methoxy groups -OCH3 is 2. The highest BCUT2D eigenvalue weighted by Crippen LogP contribution is 2.29. The molecule has 0 unspecified atom stereocenters. The smallest absolute Gasteiger partial charge is 0.252 e. The number of aryl methyl sites for hydroxylation is 1. The average Bonchev–Trinajstić information content (AvgIpc) is 2.87. The van der Waals surface area contributed by atoms with Crippen molar-refractivity contribution < 1.29 is 14.3 Å². The Balaban J connectivity index is 2.25. The minimum Gasteiger partial charge on any atom is -0.496 e. The first kappa shape index (κ1) is 16.9. The summed E-state index contributed by atoms with van der Waals surface area (Å²) in [5.41, 5.74) is 3.38. The van der Waals surface area contributed by atoms with Crippen LogP contribution in [-0.2, 0) is 7.05 Å². The van der Waals surface area contributed by atoms with Crippen molar-refractivity contribution in [2.24, 2.45) is 7.05 Å². The number of carbonyl (C=O) groups excluding carboxylic acids is 1. The minimum absolute atomic E-state index is 0.144. The highest BCUT2D eigenvalue weighted by atomic mass is 16.5. The molecule has 0 radical (unpaired) electrons. The molecule has 1 heterocycles. The van der Waals surface area contributed by atoms with Gasteiger partial charge in [-0.1, -0.05) is 0 Å². The summed E-state index contributed by atoms with van der Waals surface area (Å²) >= 11 is 0. The first-order valence-corrected chi connectivity index (χ1v) is 7.41. The van der Waals surface area contributed by atoms with Gasteiger partial charge in [0.25, 0.3) is 5.91 Å². The van der Waals surface area contributed by atoms with Crippen molar-refractivity contribution in [3.05, 3.63) is 40.7 Å². The third kappa shape index (κ3) is 3.31. The van der Waals surface area contributed by atoms with E-state index in [4.69, 9.17) is 9.47 Å². The second-order valence-electron chi connectivity index (χ2n) is 5.51. The Labute approximate surface area is 136 Å². The van der Waals surface area contributed by atoms with Gasteiger partial charge in [-0.15, -0.1) is 0 Å². The molecule has 6 nitrogen and oxygen atoms in total. The van der Waals surface area contributed by atoms with Crippen LogP contribution in [0.4, 0.5) is 0 Å². The predicted octanol–water partition coefficient (Wildman–Crippen LogP) is 2.55. The van der Waals surface area contributed by atoms with Gasteiger partial charge in [-0.2, -0.15) is 5.10 Å². The molecule has 23 heavy (non-hydrogen) atoms. The third-order valence-electron chi connectivity index (χ3n) is 4.10. The molecule has 2 rings (SSSR count). The number of ether oxygens (including phenoxy) is 2. The maximum Gasteiger partial charge on any atom is 0.252 e. The molecule has 0 saturated heterocycles. The zero-order valence-corrected chi connectivity index (χ0v) is 14.4. The molecular weight excluding hydrogens is 294 g/mol. The van der Waals surface area contributed by atoms with Crippen LogP contribution < -0.4 is 14.8 Å². The van der Waals surface area contributed by atoms with Crippen molar-refractivity contribution in [1.29, 1.82) is 0 Å². The number of rotatable bonds is 5. The minimum atomic E-state index is -0.183. The standard InChI is InChI=1S/C17H23N3O3/c1-10-15(22-5)7-13(8-16(10)23-6)17(21)19-11(2)14-9-18-20(4)12(14)3/h7-9,11H,1-6H3,(H,19,21)/t11-/m1/s1. The van der Waals surface area contributed by atoms with Crippen molar-refractivity contribution in [2.45, 2.75) is 26.8 Å². The summed E-state index contributed by atoms with van der Waals surface area (Å²) in [6, 6.07) is 3.29. The second kappa shape index (κ2) is 6.73. The lowest BCUT2D eigenvalue weighted by Gasteiger charge is -2.16. The number of amides is 1. The van der Waals surface area contributed by atoms with Crippen molar-refractivity contribution in [1.82, 2.24) is 15.1 Å². The Morgan fingerprint density at radius 2 is 1.78 bits per heavy atom. The molecule has 1 aromatic carbocycles. The monoisotopic (exact) mass is 317 g/mol. The second-order valence-corrected chi connectivity index (χ2v) is 5.51. The summed E-state index contributed by atoms with van der Waals surface area (Å²) in [4.78, 5) is 12.5. The summed E-state index contributed by atoms with van der Waals surface area (Å²) in [5.74, 6) is 1.07. The predicted molar refractivity (Wildman–Crippen MR) is 88.1 cm³/mol. The molecule has 1 aromatic heterocycles. The van der Waals surface area contributed by atoms with Crippen LogP contribution in [0.15, 0.2) is 18.3 Å². The summed E-state index contributed by atoms with van der Waals surface area (Å²) in [5, 5.41) is 7.19. The third-order valence-corrected chi connectivity index (χ3v) is 4.10. The van der Waals surface area contributed by atoms with Gasteiger partial charge in [0.15, 0.2) is 0 Å². The molecule has 1 atom stereocenters. The van der Waals surface area contributed by atoms with Gasteiger partial charge in [0.2, 0.25) is 0 Å². The SMILES string of the molecule is COc1cc(C(=O)N[C@H](C)c2cnn(C)c2C)cc(OC)c1C. The fourth-order valence-corrected chi connectivity index (χ4v) is 2.52. The van der Waals surface area contributed by atoms with Gasteiger partial charge in [0.05, 0.1) is 26.5 Å². The number of benzene rings is 1. The van der Waals surface area contributed by atoms with Gasteiger partial charge < -0.3 is 14.8 Å². The van der Waals surface area contributed by atoms with E-state index in [1.807, 2.05) is 27.8 Å². The number of aromatic nitrogens is 2. The van der Waals surface area contributed by atoms with Crippen molar-refractivity contribution in [2.75, 3.05) is 14.2 Å². The fourth-order valence-electron chi connectivity index (χ4n) is 2.52. The number of hydrogen-bond acceptors (Lipinski definition) is 4. The molecule has 0 bridgehead atoms. The van der Waals surface area contributed by atoms with E-state index in [2.05, 4.69) is 10.4 Å². The average molecular weight is 317 g/mol. The highest BCUT2D eigenvalue weighted by Gasteiger charge is 2.18. The summed E-state index contributed by atoms with van der Waals surface area (Å²) in [6.45, 7) is 5.80. The van der Waals surface area contributed by atoms with Gasteiger partial charge >= 0.3 is 0 Å². The van der Waals surface area contributed by atoms with Gasteiger partial charge in [0, 0.05) is 29.4 Å². The quantitative estimate of drug-likeness (QED) is 0.920. The molecule has 1 amide bonds. The van der Waals surface area contributed by atoms with E-state index in [0.717, 1.165) is 16.8 Å². The summed E-state index contributed by atoms with van der Waals surface area (Å²) in [7, 11) is 5.03. The molecule has 124 valence electrons. The van der Waals surface area contributed by atoms with Gasteiger partial charge in [-0.3, -0.25) is 9.48 Å². The van der Waals surface area contributed by atoms with E-state index < -0.39 is 0 Å². The molecule has 0 aliphatic carbocycles. The topological polar surface area (TPSA) is 65.4 Å². The zero-order valence-electron chi connectivity index (χ0n) is 14.4. The van der Waals surface area contributed by atoms with E-state index in [9.17, 15) is 4.79 Å². The van der Waals surface area contributed by atoms with Gasteiger partial charge in [0.1, 0.15) is 11.5 Å². The Morgan fingerprint density at radius 1 is 1.22 bits per heavy atom. The zero-order chi connectivity index (χ0) is 17.1. The van der Waals surface area contributed by atoms with E-state index >= 15 is 0 Å². The van der Waals surface area contributed by atoms with Crippen LogP contribution in [0.2, 0.25) is 0 Å². The Hall–Kier alpha value is -2.50. The van der Waals surface area contributed by atoms with E-state index in [0.29, 0.717) is 17.1 Å². The molecule has 6 heteroatoms. The molecule has 1 N–H and O–H groups in total. The molecule has 2 aromatic rings. The largest absolute Gasteiger partial charge is 0.496 e. The molecule has 0 spiro atoms. The van der Waals surface area contributed by atoms with Crippen LogP contribution in [0, 0.1) is 13.8 Å². The first-order valence-electron chi connectivity index (χ1n) is 7.41. The van der Waals surface area contributed by atoms with Crippen LogP contribution in [0.3, 0.4) is 0 Å². The molecule has 0 fully saturated rings. The number of nitrogens with one attached hydrogen (secondary N) is 1. The van der Waals surface area contributed by atoms with Crippen LogP contribution in [0.25, 0.3) is 0 Å². The summed E-state index contributed by atoms with van der Waals surface area (Å²) < 4.78 is 12.4. The van der Waals surface area contributed by atoms with Crippen LogP contribution in [0.5, 0.6) is 11.5 Å². The number of hydrogen-bond donors (Lipinski definition) is 1. The summed E-state index contributed by atoms with van der Waals surface area (Å²) in [6.07, 6.45) is 1.77. The first-order chi connectivity index (χ1) is 10.9. The molecular formula is C17H23N3O3. The number of nitrogens with zero attached hydrogens (tertiary/aromatic N) is 2. The number of carbonyl (C=O) groups is 1. The lowest BCUT2D eigenvalue weighted by atomic mass is 10.1. The van der Waals surface area contributed by atoms with Gasteiger partial charge in [-0.05, 0) is 32.9 Å². The Kier molecular flexibility index (Phi) is 4.93. The highest BCUT2D eigenvalue weighted by molar-refractivity contribution is 5.95. The molecule has 0 aliphatic rings. The molecule has 0 saturated carbocycles. The lowest BCUT2D eigenvalue weighted by Crippen LogP contribution is -2.27. The molecule has 0 aliphatic heterocycles. The van der Waals surface area contributed by atoms with E-state index in [1.165, 1.54) is 0 Å². The van der Waals surface area contributed by atoms with Crippen molar-refractivity contribution in [3.8, 4) is 11.5 Å². The lowest BCUT2D eigenvalue weighted by molar-refractivity contribution is 0.0939.